The molecule has 0 N–H and O–H groups in total. The Balaban J connectivity index is 1.51. The van der Waals surface area contributed by atoms with E-state index in [-0.39, 0.29) is 5.56 Å². The Morgan fingerprint density at radius 3 is 2.26 bits per heavy atom. The van der Waals surface area contributed by atoms with E-state index in [1.807, 2.05) is 79.7 Å². The molecule has 5 rings (SSSR count). The predicted octanol–water partition coefficient (Wildman–Crippen LogP) is 4.78. The summed E-state index contributed by atoms with van der Waals surface area (Å²) in [5.74, 6) is 2.76. The Kier molecular flexibility index (Phi) is 7.84. The van der Waals surface area contributed by atoms with Crippen LogP contribution < -0.4 is 24.7 Å². The largest absolute Gasteiger partial charge is 0.495 e. The second-order valence-corrected chi connectivity index (χ2v) is 9.59. The first-order valence-corrected chi connectivity index (χ1v) is 13.0. The fourth-order valence-corrected chi connectivity index (χ4v) is 5.03. The molecule has 202 valence electrons. The molecule has 0 amide bonds. The van der Waals surface area contributed by atoms with Crippen LogP contribution in [0.2, 0.25) is 0 Å². The molecule has 8 heteroatoms. The van der Waals surface area contributed by atoms with Crippen molar-refractivity contribution < 1.29 is 14.2 Å². The highest BCUT2D eigenvalue weighted by Gasteiger charge is 2.29. The van der Waals surface area contributed by atoms with Gasteiger partial charge in [0.05, 0.1) is 46.0 Å². The van der Waals surface area contributed by atoms with E-state index in [0.717, 1.165) is 41.2 Å². The van der Waals surface area contributed by atoms with Crippen molar-refractivity contribution in [1.29, 1.82) is 0 Å². The quantitative estimate of drug-likeness (QED) is 0.311. The molecule has 0 unspecified atom stereocenters. The van der Waals surface area contributed by atoms with E-state index >= 15 is 0 Å². The number of aryl methyl sites for hydroxylation is 1. The molecule has 39 heavy (non-hydrogen) atoms. The number of ether oxygens (including phenoxy) is 3. The third-order valence-electron chi connectivity index (χ3n) is 7.14. The highest BCUT2D eigenvalue weighted by Crippen LogP contribution is 2.35. The van der Waals surface area contributed by atoms with Gasteiger partial charge in [-0.1, -0.05) is 48.5 Å². The maximum absolute atomic E-state index is 14.0. The summed E-state index contributed by atoms with van der Waals surface area (Å²) >= 11 is 0. The van der Waals surface area contributed by atoms with Crippen LogP contribution in [0.1, 0.15) is 22.4 Å². The van der Waals surface area contributed by atoms with Crippen LogP contribution in [0, 0.1) is 6.92 Å². The third-order valence-corrected chi connectivity index (χ3v) is 7.14. The molecule has 0 radical (unpaired) electrons. The Hall–Kier alpha value is -4.30. The van der Waals surface area contributed by atoms with Gasteiger partial charge in [0.1, 0.15) is 5.75 Å². The third kappa shape index (κ3) is 5.47. The Bertz CT molecular complexity index is 1500. The van der Waals surface area contributed by atoms with Gasteiger partial charge >= 0.3 is 0 Å². The first-order valence-electron chi connectivity index (χ1n) is 13.0. The van der Waals surface area contributed by atoms with Crippen LogP contribution >= 0.6 is 0 Å². The summed E-state index contributed by atoms with van der Waals surface area (Å²) in [4.78, 5) is 23.2. The summed E-state index contributed by atoms with van der Waals surface area (Å²) in [5.41, 5.74) is 4.52. The topological polar surface area (TPSA) is 69.1 Å². The van der Waals surface area contributed by atoms with Crippen molar-refractivity contribution in [3.05, 3.63) is 106 Å². The zero-order valence-corrected chi connectivity index (χ0v) is 22.9. The SMILES string of the molecule is COc1ccc(CCN2CN(c3ccccc3OC)c3nc(C)c(Cc4ccccc4)c(=O)n3C2)cc1OC. The van der Waals surface area contributed by atoms with Gasteiger partial charge in [-0.2, -0.15) is 0 Å². The smallest absolute Gasteiger partial charge is 0.259 e. The first-order chi connectivity index (χ1) is 19.0. The number of rotatable bonds is 9. The lowest BCUT2D eigenvalue weighted by Crippen LogP contribution is -2.48. The standard InChI is InChI=1S/C31H34N4O4/c1-22-25(18-23-10-6-5-7-11-23)30(36)35-21-33(17-16-24-14-15-28(38-3)29(19-24)39-4)20-34(31(35)32-22)26-12-8-9-13-27(26)37-2/h5-15,19H,16-18,20-21H2,1-4H3. The second kappa shape index (κ2) is 11.6. The van der Waals surface area contributed by atoms with Crippen molar-refractivity contribution in [2.24, 2.45) is 0 Å². The molecule has 0 saturated heterocycles. The summed E-state index contributed by atoms with van der Waals surface area (Å²) in [7, 11) is 4.93. The summed E-state index contributed by atoms with van der Waals surface area (Å²) in [6.45, 7) is 3.67. The van der Waals surface area contributed by atoms with Crippen LogP contribution in [-0.4, -0.2) is 49.0 Å². The van der Waals surface area contributed by atoms with Gasteiger partial charge < -0.3 is 14.2 Å². The summed E-state index contributed by atoms with van der Waals surface area (Å²) < 4.78 is 18.4. The maximum Gasteiger partial charge on any atom is 0.259 e. The van der Waals surface area contributed by atoms with Crippen LogP contribution in [-0.2, 0) is 19.5 Å². The van der Waals surface area contributed by atoms with Crippen molar-refractivity contribution >= 4 is 11.6 Å². The van der Waals surface area contributed by atoms with Gasteiger partial charge in [0.15, 0.2) is 11.5 Å². The lowest BCUT2D eigenvalue weighted by molar-refractivity contribution is 0.200. The minimum absolute atomic E-state index is 0.0166. The highest BCUT2D eigenvalue weighted by molar-refractivity contribution is 5.66. The molecule has 0 fully saturated rings. The number of para-hydroxylation sites is 2. The van der Waals surface area contributed by atoms with E-state index in [0.29, 0.717) is 42.8 Å². The fourth-order valence-electron chi connectivity index (χ4n) is 5.03. The number of nitrogens with zero attached hydrogens (tertiary/aromatic N) is 4. The molecule has 4 aromatic rings. The lowest BCUT2D eigenvalue weighted by atomic mass is 10.1. The maximum atomic E-state index is 14.0. The zero-order valence-electron chi connectivity index (χ0n) is 22.9. The van der Waals surface area contributed by atoms with Crippen LogP contribution in [0.4, 0.5) is 11.6 Å². The van der Waals surface area contributed by atoms with Crippen molar-refractivity contribution in [2.75, 3.05) is 39.4 Å². The monoisotopic (exact) mass is 526 g/mol. The number of fused-ring (bicyclic) bond motifs is 1. The molecule has 0 saturated carbocycles. The highest BCUT2D eigenvalue weighted by atomic mass is 16.5. The fraction of sp³-hybridized carbons (Fsp3) is 0.290. The molecule has 0 spiro atoms. The van der Waals surface area contributed by atoms with Crippen molar-refractivity contribution in [3.8, 4) is 17.2 Å². The molecule has 2 heterocycles. The zero-order chi connectivity index (χ0) is 27.4. The van der Waals surface area contributed by atoms with E-state index in [9.17, 15) is 4.79 Å². The number of aromatic nitrogens is 2. The van der Waals surface area contributed by atoms with Crippen LogP contribution in [0.5, 0.6) is 17.2 Å². The minimum Gasteiger partial charge on any atom is -0.495 e. The van der Waals surface area contributed by atoms with E-state index in [2.05, 4.69) is 9.80 Å². The molecule has 3 aromatic carbocycles. The van der Waals surface area contributed by atoms with Gasteiger partial charge in [-0.15, -0.1) is 0 Å². The minimum atomic E-state index is -0.0166. The average molecular weight is 527 g/mol. The average Bonchev–Trinajstić information content (AvgIpc) is 2.98. The number of hydrogen-bond donors (Lipinski definition) is 0. The normalized spacial score (nSPS) is 13.2. The van der Waals surface area contributed by atoms with Crippen molar-refractivity contribution in [1.82, 2.24) is 14.5 Å². The molecule has 1 aromatic heterocycles. The molecule has 0 aliphatic carbocycles. The Morgan fingerprint density at radius 1 is 0.795 bits per heavy atom. The van der Waals surface area contributed by atoms with Gasteiger partial charge in [0.25, 0.3) is 5.56 Å². The van der Waals surface area contributed by atoms with Gasteiger partial charge in [0.2, 0.25) is 5.95 Å². The molecule has 0 bridgehead atoms. The molecule has 0 atom stereocenters. The number of benzene rings is 3. The molecular formula is C31H34N4O4. The van der Waals surface area contributed by atoms with Crippen LogP contribution in [0.25, 0.3) is 0 Å². The van der Waals surface area contributed by atoms with E-state index in [4.69, 9.17) is 19.2 Å². The second-order valence-electron chi connectivity index (χ2n) is 9.59. The summed E-state index contributed by atoms with van der Waals surface area (Å²) in [6.07, 6.45) is 1.32. The van der Waals surface area contributed by atoms with Gasteiger partial charge in [-0.25, -0.2) is 4.98 Å². The summed E-state index contributed by atoms with van der Waals surface area (Å²) in [6, 6.07) is 23.9. The molecule has 1 aliphatic heterocycles. The molecular weight excluding hydrogens is 492 g/mol. The molecule has 1 aliphatic rings. The van der Waals surface area contributed by atoms with Crippen molar-refractivity contribution in [3.63, 3.8) is 0 Å². The first kappa shape index (κ1) is 26.3. The molecule has 8 nitrogen and oxygen atoms in total. The van der Waals surface area contributed by atoms with Gasteiger partial charge in [-0.3, -0.25) is 19.2 Å². The van der Waals surface area contributed by atoms with E-state index < -0.39 is 0 Å². The number of hydrogen-bond acceptors (Lipinski definition) is 7. The number of anilines is 2. The lowest BCUT2D eigenvalue weighted by Gasteiger charge is -2.39. The Morgan fingerprint density at radius 2 is 1.51 bits per heavy atom. The van der Waals surface area contributed by atoms with Crippen LogP contribution in [0.3, 0.4) is 0 Å². The van der Waals surface area contributed by atoms with E-state index in [1.165, 1.54) is 0 Å². The van der Waals surface area contributed by atoms with E-state index in [1.54, 1.807) is 25.9 Å². The van der Waals surface area contributed by atoms with Gasteiger partial charge in [0, 0.05) is 18.5 Å². The predicted molar refractivity (Wildman–Crippen MR) is 152 cm³/mol. The van der Waals surface area contributed by atoms with Crippen LogP contribution in [0.15, 0.2) is 77.6 Å². The number of methoxy groups -OCH3 is 3. The van der Waals surface area contributed by atoms with Crippen molar-refractivity contribution in [2.45, 2.75) is 26.4 Å². The summed E-state index contributed by atoms with van der Waals surface area (Å²) in [5, 5.41) is 0. The van der Waals surface area contributed by atoms with Gasteiger partial charge in [-0.05, 0) is 48.7 Å². The Labute approximate surface area is 229 Å².